The minimum Gasteiger partial charge on any atom is -0.871 e. The van der Waals surface area contributed by atoms with Gasteiger partial charge in [-0.15, -0.1) is 0 Å². The summed E-state index contributed by atoms with van der Waals surface area (Å²) in [6.45, 7) is 0. The standard InChI is InChI=1S/C22H22N4O6.2Na/c1-26-10-9-17(27)20(21(26)30)25-22(31)24-16(12-19(28)29)14-6-3-5-13(11-14)15-7-4-8-18(23-15)32-2;;/h3-11,16,27H,12H2,1-2H3,(H,28,29)(H2,24,25,31);;/q;2*+1/p-2/t16-;;/m0../s1. The van der Waals surface area contributed by atoms with E-state index in [1.807, 2.05) is 0 Å². The topological polar surface area (TPSA) is 148 Å². The molecule has 0 bridgehead atoms. The summed E-state index contributed by atoms with van der Waals surface area (Å²) in [5.41, 5.74) is 0.608. The van der Waals surface area contributed by atoms with Crippen molar-refractivity contribution in [1.82, 2.24) is 14.9 Å². The van der Waals surface area contributed by atoms with Crippen LogP contribution in [-0.4, -0.2) is 28.7 Å². The van der Waals surface area contributed by atoms with Crippen molar-refractivity contribution in [3.8, 4) is 22.9 Å². The molecule has 2 aromatic heterocycles. The number of aliphatic carboxylic acids is 1. The molecule has 0 spiro atoms. The zero-order valence-corrected chi connectivity index (χ0v) is 23.3. The van der Waals surface area contributed by atoms with Crippen molar-refractivity contribution >= 4 is 17.7 Å². The quantitative estimate of drug-likeness (QED) is 0.319. The van der Waals surface area contributed by atoms with Crippen molar-refractivity contribution < 1.29 is 83.7 Å². The maximum Gasteiger partial charge on any atom is 1.00 e. The fourth-order valence-corrected chi connectivity index (χ4v) is 3.06. The second kappa shape index (κ2) is 13.5. The molecule has 166 valence electrons. The number of pyridine rings is 2. The van der Waals surface area contributed by atoms with Gasteiger partial charge in [-0.1, -0.05) is 36.1 Å². The number of nitrogens with one attached hydrogen (secondary N) is 2. The van der Waals surface area contributed by atoms with Gasteiger partial charge in [0, 0.05) is 37.3 Å². The largest absolute Gasteiger partial charge is 1.00 e. The van der Waals surface area contributed by atoms with Crippen LogP contribution in [0.15, 0.2) is 59.5 Å². The molecule has 3 rings (SSSR count). The molecule has 0 saturated heterocycles. The molecule has 1 atom stereocenters. The van der Waals surface area contributed by atoms with Crippen LogP contribution >= 0.6 is 0 Å². The number of rotatable bonds is 7. The summed E-state index contributed by atoms with van der Waals surface area (Å²) in [5, 5.41) is 27.9. The molecule has 0 unspecified atom stereocenters. The number of aromatic nitrogens is 2. The van der Waals surface area contributed by atoms with Gasteiger partial charge in [0.2, 0.25) is 5.88 Å². The minimum absolute atomic E-state index is 0. The SMILES string of the molecule is COc1cccc(-c2cccc([C@H](CC(=O)[O-])NC(=O)Nc3c([O-])ccn(C)c3=O)c2)n1.[Na+].[Na+]. The van der Waals surface area contributed by atoms with Crippen LogP contribution in [0.4, 0.5) is 10.5 Å². The van der Waals surface area contributed by atoms with Crippen molar-refractivity contribution in [3.05, 3.63) is 70.6 Å². The third-order valence-corrected chi connectivity index (χ3v) is 4.66. The monoisotopic (exact) mass is 482 g/mol. The average molecular weight is 482 g/mol. The van der Waals surface area contributed by atoms with Crippen molar-refractivity contribution in [2.75, 3.05) is 12.4 Å². The normalized spacial score (nSPS) is 10.8. The Hall–Kier alpha value is -2.34. The van der Waals surface area contributed by atoms with E-state index in [-0.39, 0.29) is 59.1 Å². The van der Waals surface area contributed by atoms with E-state index in [0.717, 1.165) is 10.6 Å². The van der Waals surface area contributed by atoms with Crippen molar-refractivity contribution in [3.63, 3.8) is 0 Å². The average Bonchev–Trinajstić information content (AvgIpc) is 2.78. The van der Waals surface area contributed by atoms with Crippen LogP contribution in [0.3, 0.4) is 0 Å². The number of methoxy groups -OCH3 is 1. The second-order valence-electron chi connectivity index (χ2n) is 6.89. The molecule has 10 nitrogen and oxygen atoms in total. The van der Waals surface area contributed by atoms with E-state index in [4.69, 9.17) is 4.74 Å². The summed E-state index contributed by atoms with van der Waals surface area (Å²) in [6.07, 6.45) is 0.754. The predicted octanol–water partition coefficient (Wildman–Crippen LogP) is -5.46. The van der Waals surface area contributed by atoms with Crippen LogP contribution in [0.1, 0.15) is 18.0 Å². The maximum absolute atomic E-state index is 12.5. The summed E-state index contributed by atoms with van der Waals surface area (Å²) in [7, 11) is 2.93. The van der Waals surface area contributed by atoms with E-state index in [0.29, 0.717) is 22.7 Å². The van der Waals surface area contributed by atoms with Crippen molar-refractivity contribution in [2.45, 2.75) is 12.5 Å². The Kier molecular flexibility index (Phi) is 11.8. The smallest absolute Gasteiger partial charge is 0.871 e. The molecule has 2 heterocycles. The van der Waals surface area contributed by atoms with Gasteiger partial charge in [-0.3, -0.25) is 4.79 Å². The molecule has 0 fully saturated rings. The molecule has 0 aliphatic rings. The van der Waals surface area contributed by atoms with Crippen LogP contribution in [0.5, 0.6) is 11.6 Å². The van der Waals surface area contributed by atoms with Crippen LogP contribution in [0, 0.1) is 0 Å². The number of urea groups is 1. The fourth-order valence-electron chi connectivity index (χ4n) is 3.06. The van der Waals surface area contributed by atoms with E-state index in [1.54, 1.807) is 42.5 Å². The van der Waals surface area contributed by atoms with E-state index in [2.05, 4.69) is 15.6 Å². The maximum atomic E-state index is 12.5. The zero-order chi connectivity index (χ0) is 23.3. The number of carbonyl (C=O) groups excluding carboxylic acids is 2. The Bertz CT molecular complexity index is 1220. The van der Waals surface area contributed by atoms with E-state index in [9.17, 15) is 24.6 Å². The molecule has 12 heteroatoms. The van der Waals surface area contributed by atoms with Crippen molar-refractivity contribution in [2.24, 2.45) is 7.05 Å². The molecule has 1 aromatic carbocycles. The van der Waals surface area contributed by atoms with Gasteiger partial charge in [0.25, 0.3) is 5.56 Å². The number of benzene rings is 1. The summed E-state index contributed by atoms with van der Waals surface area (Å²) >= 11 is 0. The number of carbonyl (C=O) groups is 2. The van der Waals surface area contributed by atoms with Gasteiger partial charge in [0.1, 0.15) is 5.69 Å². The van der Waals surface area contributed by atoms with E-state index >= 15 is 0 Å². The van der Waals surface area contributed by atoms with Crippen LogP contribution in [-0.2, 0) is 11.8 Å². The first-order chi connectivity index (χ1) is 15.3. The molecule has 0 aliphatic carbocycles. The number of anilines is 1. The number of ether oxygens (including phenoxy) is 1. The van der Waals surface area contributed by atoms with Gasteiger partial charge >= 0.3 is 65.1 Å². The number of carboxylic acids is 1. The first-order valence-corrected chi connectivity index (χ1v) is 9.54. The van der Waals surface area contributed by atoms with Gasteiger partial charge in [0.15, 0.2) is 0 Å². The molecule has 2 N–H and O–H groups in total. The molecule has 0 saturated carbocycles. The number of hydrogen-bond donors (Lipinski definition) is 2. The molecular formula is C22H20N4Na2O6. The van der Waals surface area contributed by atoms with Crippen LogP contribution < -0.4 is 90.3 Å². The molecule has 34 heavy (non-hydrogen) atoms. The first kappa shape index (κ1) is 29.7. The molecule has 0 aliphatic heterocycles. The minimum atomic E-state index is -1.39. The predicted molar refractivity (Wildman–Crippen MR) is 112 cm³/mol. The van der Waals surface area contributed by atoms with E-state index < -0.39 is 41.5 Å². The molecule has 2 amide bonds. The Morgan fingerprint density at radius 1 is 1.15 bits per heavy atom. The number of amides is 2. The number of hydrogen-bond acceptors (Lipinski definition) is 7. The number of nitrogens with zero attached hydrogens (tertiary/aromatic N) is 2. The Morgan fingerprint density at radius 2 is 1.85 bits per heavy atom. The van der Waals surface area contributed by atoms with Crippen LogP contribution in [0.2, 0.25) is 0 Å². The molecule has 0 radical (unpaired) electrons. The Labute approximate surface area is 239 Å². The fraction of sp³-hybridized carbons (Fsp3) is 0.182. The zero-order valence-electron chi connectivity index (χ0n) is 19.3. The summed E-state index contributed by atoms with van der Waals surface area (Å²) < 4.78 is 6.27. The second-order valence-corrected chi connectivity index (χ2v) is 6.89. The van der Waals surface area contributed by atoms with Crippen molar-refractivity contribution in [1.29, 1.82) is 0 Å². The molecular weight excluding hydrogens is 462 g/mol. The van der Waals surface area contributed by atoms with Crippen LogP contribution in [0.25, 0.3) is 11.3 Å². The third-order valence-electron chi connectivity index (χ3n) is 4.66. The number of aryl methyl sites for hydroxylation is 1. The summed E-state index contributed by atoms with van der Waals surface area (Å²) in [5.74, 6) is -1.64. The third kappa shape index (κ3) is 7.59. The van der Waals surface area contributed by atoms with Gasteiger partial charge < -0.3 is 34.9 Å². The van der Waals surface area contributed by atoms with Gasteiger partial charge in [-0.05, 0) is 17.7 Å². The van der Waals surface area contributed by atoms with Gasteiger partial charge in [-0.25, -0.2) is 9.78 Å². The first-order valence-electron chi connectivity index (χ1n) is 9.54. The van der Waals surface area contributed by atoms with Gasteiger partial charge in [-0.2, -0.15) is 0 Å². The number of carboxylic acid groups (broad SMARTS) is 1. The summed E-state index contributed by atoms with van der Waals surface area (Å²) in [6, 6.07) is 11.2. The molecule has 3 aromatic rings. The van der Waals surface area contributed by atoms with E-state index in [1.165, 1.54) is 20.4 Å². The summed E-state index contributed by atoms with van der Waals surface area (Å²) in [4.78, 5) is 40.2. The Balaban J connectivity index is 0.00000289. The Morgan fingerprint density at radius 3 is 2.53 bits per heavy atom. The van der Waals surface area contributed by atoms with Gasteiger partial charge in [0.05, 0.1) is 18.8 Å².